The molecule has 2 amide bonds. The molecule has 2 atom stereocenters. The Hall–Kier alpha value is -1.91. The maximum absolute atomic E-state index is 12.5. The lowest BCUT2D eigenvalue weighted by Crippen LogP contribution is -2.57. The van der Waals surface area contributed by atoms with E-state index in [1.54, 1.807) is 12.4 Å². The molecule has 2 aliphatic heterocycles. The first-order valence-electron chi connectivity index (χ1n) is 9.15. The average Bonchev–Trinajstić information content (AvgIpc) is 2.62. The highest BCUT2D eigenvalue weighted by Gasteiger charge is 2.39. The van der Waals surface area contributed by atoms with Gasteiger partial charge in [-0.25, -0.2) is 0 Å². The Morgan fingerprint density at radius 1 is 1.29 bits per heavy atom. The Morgan fingerprint density at radius 2 is 2.08 bits per heavy atom. The monoisotopic (exact) mass is 329 g/mol. The normalized spacial score (nSPS) is 24.0. The zero-order valence-corrected chi connectivity index (χ0v) is 14.5. The second-order valence-electron chi connectivity index (χ2n) is 6.94. The van der Waals surface area contributed by atoms with Gasteiger partial charge >= 0.3 is 0 Å². The van der Waals surface area contributed by atoms with Crippen LogP contribution in [0.5, 0.6) is 0 Å². The van der Waals surface area contributed by atoms with Crippen molar-refractivity contribution in [3.05, 3.63) is 30.1 Å². The molecule has 3 rings (SSSR count). The number of rotatable bonds is 5. The molecule has 0 aromatic carbocycles. The summed E-state index contributed by atoms with van der Waals surface area (Å²) in [5, 5.41) is 0. The molecular formula is C19H27N3O2. The molecule has 0 spiro atoms. The highest BCUT2D eigenvalue weighted by molar-refractivity contribution is 5.78. The van der Waals surface area contributed by atoms with E-state index in [4.69, 9.17) is 0 Å². The zero-order chi connectivity index (χ0) is 16.9. The summed E-state index contributed by atoms with van der Waals surface area (Å²) in [6, 6.07) is 4.28. The number of carbonyl (C=O) groups excluding carboxylic acids is 2. The lowest BCUT2D eigenvalue weighted by molar-refractivity contribution is -0.144. The molecule has 24 heavy (non-hydrogen) atoms. The van der Waals surface area contributed by atoms with E-state index in [1.165, 1.54) is 0 Å². The fourth-order valence-electron chi connectivity index (χ4n) is 4.07. The first-order chi connectivity index (χ1) is 11.7. The molecule has 0 radical (unpaired) electrons. The number of pyridine rings is 1. The van der Waals surface area contributed by atoms with Crippen LogP contribution in [0.15, 0.2) is 24.5 Å². The van der Waals surface area contributed by atoms with Crippen LogP contribution in [-0.4, -0.2) is 52.3 Å². The molecule has 2 fully saturated rings. The minimum Gasteiger partial charge on any atom is -0.342 e. The van der Waals surface area contributed by atoms with E-state index < -0.39 is 0 Å². The summed E-state index contributed by atoms with van der Waals surface area (Å²) in [6.45, 7) is 4.57. The lowest BCUT2D eigenvalue weighted by Gasteiger charge is -2.47. The van der Waals surface area contributed by atoms with Crippen LogP contribution in [0.2, 0.25) is 0 Å². The molecule has 0 bridgehead atoms. The Balaban J connectivity index is 1.54. The van der Waals surface area contributed by atoms with Crippen molar-refractivity contribution in [2.45, 2.75) is 51.5 Å². The van der Waals surface area contributed by atoms with E-state index in [0.29, 0.717) is 30.7 Å². The summed E-state index contributed by atoms with van der Waals surface area (Å²) < 4.78 is 0. The van der Waals surface area contributed by atoms with E-state index in [0.717, 1.165) is 50.9 Å². The SMILES string of the molecule is CCCN1C(=O)CC[C@H]2CN(C(=O)CCc3ccncc3)CC[C@H]21. The topological polar surface area (TPSA) is 53.5 Å². The number of aryl methyl sites for hydroxylation is 1. The molecule has 1 aromatic rings. The maximum atomic E-state index is 12.5. The predicted octanol–water partition coefficient (Wildman–Crippen LogP) is 2.26. The van der Waals surface area contributed by atoms with Crippen molar-refractivity contribution in [2.24, 2.45) is 5.92 Å². The molecule has 0 N–H and O–H groups in total. The molecule has 2 aliphatic rings. The Labute approximate surface area is 144 Å². The predicted molar refractivity (Wildman–Crippen MR) is 92.3 cm³/mol. The van der Waals surface area contributed by atoms with Gasteiger partial charge < -0.3 is 9.80 Å². The van der Waals surface area contributed by atoms with Crippen molar-refractivity contribution < 1.29 is 9.59 Å². The largest absolute Gasteiger partial charge is 0.342 e. The van der Waals surface area contributed by atoms with Crippen molar-refractivity contribution in [3.63, 3.8) is 0 Å². The van der Waals surface area contributed by atoms with Crippen LogP contribution in [0.1, 0.15) is 44.6 Å². The number of likely N-dealkylation sites (tertiary alicyclic amines) is 2. The summed E-state index contributed by atoms with van der Waals surface area (Å²) in [5.41, 5.74) is 1.16. The highest BCUT2D eigenvalue weighted by Crippen LogP contribution is 2.31. The van der Waals surface area contributed by atoms with Gasteiger partial charge in [-0.2, -0.15) is 0 Å². The Morgan fingerprint density at radius 3 is 2.83 bits per heavy atom. The van der Waals surface area contributed by atoms with Crippen LogP contribution < -0.4 is 0 Å². The molecule has 0 aliphatic carbocycles. The van der Waals surface area contributed by atoms with Gasteiger partial charge in [0.25, 0.3) is 0 Å². The van der Waals surface area contributed by atoms with E-state index in [-0.39, 0.29) is 5.91 Å². The van der Waals surface area contributed by atoms with Gasteiger partial charge in [-0.05, 0) is 49.3 Å². The van der Waals surface area contributed by atoms with Gasteiger partial charge in [0.05, 0.1) is 0 Å². The van der Waals surface area contributed by atoms with Crippen molar-refractivity contribution >= 4 is 11.8 Å². The van der Waals surface area contributed by atoms with Gasteiger partial charge in [-0.3, -0.25) is 14.6 Å². The molecule has 3 heterocycles. The molecule has 5 nitrogen and oxygen atoms in total. The third kappa shape index (κ3) is 3.77. The number of hydrogen-bond acceptors (Lipinski definition) is 3. The highest BCUT2D eigenvalue weighted by atomic mass is 16.2. The summed E-state index contributed by atoms with van der Waals surface area (Å²) in [6.07, 6.45) is 8.36. The summed E-state index contributed by atoms with van der Waals surface area (Å²) in [5.74, 6) is 0.993. The smallest absolute Gasteiger partial charge is 0.222 e. The summed E-state index contributed by atoms with van der Waals surface area (Å²) in [4.78, 5) is 32.8. The van der Waals surface area contributed by atoms with Gasteiger partial charge in [-0.1, -0.05) is 6.92 Å². The first-order valence-corrected chi connectivity index (χ1v) is 9.15. The molecule has 130 valence electrons. The number of fused-ring (bicyclic) bond motifs is 1. The van der Waals surface area contributed by atoms with Crippen LogP contribution >= 0.6 is 0 Å². The lowest BCUT2D eigenvalue weighted by atomic mass is 9.83. The van der Waals surface area contributed by atoms with E-state index in [1.807, 2.05) is 17.0 Å². The molecular weight excluding hydrogens is 302 g/mol. The molecule has 5 heteroatoms. The minimum absolute atomic E-state index is 0.240. The minimum atomic E-state index is 0.240. The number of amides is 2. The fourth-order valence-corrected chi connectivity index (χ4v) is 4.07. The van der Waals surface area contributed by atoms with Crippen molar-refractivity contribution in [1.82, 2.24) is 14.8 Å². The van der Waals surface area contributed by atoms with Crippen molar-refractivity contribution in [3.8, 4) is 0 Å². The maximum Gasteiger partial charge on any atom is 0.222 e. The van der Waals surface area contributed by atoms with Gasteiger partial charge in [-0.15, -0.1) is 0 Å². The van der Waals surface area contributed by atoms with Gasteiger partial charge in [0.2, 0.25) is 11.8 Å². The van der Waals surface area contributed by atoms with Crippen LogP contribution in [0, 0.1) is 5.92 Å². The quantitative estimate of drug-likeness (QED) is 0.833. The zero-order valence-electron chi connectivity index (χ0n) is 14.5. The van der Waals surface area contributed by atoms with E-state index in [9.17, 15) is 9.59 Å². The Bertz CT molecular complexity index is 575. The van der Waals surface area contributed by atoms with E-state index in [2.05, 4.69) is 16.8 Å². The number of nitrogens with zero attached hydrogens (tertiary/aromatic N) is 3. The van der Waals surface area contributed by atoms with Crippen molar-refractivity contribution in [2.75, 3.05) is 19.6 Å². The van der Waals surface area contributed by atoms with Crippen LogP contribution in [0.25, 0.3) is 0 Å². The third-order valence-corrected chi connectivity index (χ3v) is 5.34. The molecule has 1 aromatic heterocycles. The average molecular weight is 329 g/mol. The summed E-state index contributed by atoms with van der Waals surface area (Å²) >= 11 is 0. The van der Waals surface area contributed by atoms with E-state index >= 15 is 0 Å². The summed E-state index contributed by atoms with van der Waals surface area (Å²) in [7, 11) is 0. The second-order valence-corrected chi connectivity index (χ2v) is 6.94. The van der Waals surface area contributed by atoms with Gasteiger partial charge in [0.15, 0.2) is 0 Å². The molecule has 0 unspecified atom stereocenters. The Kier molecular flexibility index (Phi) is 5.48. The van der Waals surface area contributed by atoms with Crippen molar-refractivity contribution in [1.29, 1.82) is 0 Å². The second kappa shape index (κ2) is 7.77. The van der Waals surface area contributed by atoms with Crippen LogP contribution in [0.4, 0.5) is 0 Å². The van der Waals surface area contributed by atoms with Gasteiger partial charge in [0, 0.05) is 50.9 Å². The number of hydrogen-bond donors (Lipinski definition) is 0. The molecule has 2 saturated heterocycles. The number of piperidine rings is 2. The van der Waals surface area contributed by atoms with Gasteiger partial charge in [0.1, 0.15) is 0 Å². The third-order valence-electron chi connectivity index (χ3n) is 5.34. The first kappa shape index (κ1) is 16.9. The number of carbonyl (C=O) groups is 2. The number of aromatic nitrogens is 1. The van der Waals surface area contributed by atoms with Crippen LogP contribution in [0.3, 0.4) is 0 Å². The molecule has 0 saturated carbocycles. The fraction of sp³-hybridized carbons (Fsp3) is 0.632. The van der Waals surface area contributed by atoms with Crippen LogP contribution in [-0.2, 0) is 16.0 Å². The standard InChI is InChI=1S/C19H27N3O2/c1-2-12-22-17-9-13-21(14-16(17)4-6-19(22)24)18(23)5-3-15-7-10-20-11-8-15/h7-8,10-11,16-17H,2-6,9,12-14H2,1H3/t16-,17+/m0/s1.